The minimum absolute atomic E-state index is 0.0289. The average Bonchev–Trinajstić information content (AvgIpc) is 2.74. The molecule has 1 amide bonds. The van der Waals surface area contributed by atoms with Crippen molar-refractivity contribution in [2.75, 3.05) is 18.5 Å². The van der Waals surface area contributed by atoms with Gasteiger partial charge in [0.2, 0.25) is 0 Å². The predicted octanol–water partition coefficient (Wildman–Crippen LogP) is 1.86. The van der Waals surface area contributed by atoms with Crippen molar-refractivity contribution in [1.82, 2.24) is 9.36 Å². The van der Waals surface area contributed by atoms with Crippen molar-refractivity contribution in [3.63, 3.8) is 0 Å². The zero-order valence-corrected chi connectivity index (χ0v) is 14.1. The van der Waals surface area contributed by atoms with Crippen LogP contribution >= 0.6 is 11.6 Å². The van der Waals surface area contributed by atoms with Gasteiger partial charge in [-0.05, 0) is 13.0 Å². The first-order valence-corrected chi connectivity index (χ1v) is 8.23. The molecule has 2 aliphatic heterocycles. The molecule has 1 aromatic heterocycles. The predicted molar refractivity (Wildman–Crippen MR) is 88.6 cm³/mol. The van der Waals surface area contributed by atoms with Crippen LogP contribution in [0.15, 0.2) is 16.9 Å². The maximum absolute atomic E-state index is 14.7. The number of nitrogens with one attached hydrogen (secondary N) is 1. The third-order valence-corrected chi connectivity index (χ3v) is 4.72. The first-order valence-electron chi connectivity index (χ1n) is 7.85. The van der Waals surface area contributed by atoms with Gasteiger partial charge in [0.15, 0.2) is 6.10 Å². The normalized spacial score (nSPS) is 19.5. The Balaban J connectivity index is 1.88. The molecule has 0 saturated carbocycles. The van der Waals surface area contributed by atoms with E-state index in [9.17, 15) is 14.0 Å². The summed E-state index contributed by atoms with van der Waals surface area (Å²) in [4.78, 5) is 24.5. The second-order valence-electron chi connectivity index (χ2n) is 5.91. The third kappa shape index (κ3) is 2.52. The number of anilines is 1. The molecule has 0 saturated heterocycles. The van der Waals surface area contributed by atoms with Crippen LogP contribution in [0.25, 0.3) is 11.1 Å². The van der Waals surface area contributed by atoms with Crippen LogP contribution in [-0.4, -0.2) is 34.6 Å². The van der Waals surface area contributed by atoms with Gasteiger partial charge in [0, 0.05) is 11.6 Å². The van der Waals surface area contributed by atoms with Crippen LogP contribution in [0.3, 0.4) is 0 Å². The van der Waals surface area contributed by atoms with E-state index in [1.54, 1.807) is 11.6 Å². The van der Waals surface area contributed by atoms with E-state index in [4.69, 9.17) is 21.1 Å². The fourth-order valence-corrected chi connectivity index (χ4v) is 3.41. The van der Waals surface area contributed by atoms with E-state index in [-0.39, 0.29) is 27.9 Å². The molecular weight excluding hydrogens is 353 g/mol. The van der Waals surface area contributed by atoms with Gasteiger partial charge in [0.05, 0.1) is 37.6 Å². The number of hydrogen-bond donors (Lipinski definition) is 1. The van der Waals surface area contributed by atoms with Gasteiger partial charge < -0.3 is 14.8 Å². The van der Waals surface area contributed by atoms with Gasteiger partial charge in [0.25, 0.3) is 11.5 Å². The molecule has 0 aliphatic carbocycles. The highest BCUT2D eigenvalue weighted by Gasteiger charge is 2.28. The smallest absolute Gasteiger partial charge is 0.276 e. The highest BCUT2D eigenvalue weighted by atomic mass is 35.5. The molecule has 0 unspecified atom stereocenters. The number of benzene rings is 1. The molecule has 25 heavy (non-hydrogen) atoms. The number of hydrogen-bond acceptors (Lipinski definition) is 4. The molecule has 0 spiro atoms. The van der Waals surface area contributed by atoms with E-state index in [1.807, 2.05) is 0 Å². The van der Waals surface area contributed by atoms with Crippen molar-refractivity contribution in [3.05, 3.63) is 33.5 Å². The largest absolute Gasteiger partial charge is 0.479 e. The molecule has 1 N–H and O–H groups in total. The van der Waals surface area contributed by atoms with E-state index in [0.29, 0.717) is 32.0 Å². The number of nitrogens with zero attached hydrogens (tertiary/aromatic N) is 2. The van der Waals surface area contributed by atoms with Crippen LogP contribution < -0.4 is 15.6 Å². The summed E-state index contributed by atoms with van der Waals surface area (Å²) < 4.78 is 28.4. The summed E-state index contributed by atoms with van der Waals surface area (Å²) in [5.41, 5.74) is 0.00778. The number of aromatic nitrogens is 2. The fourth-order valence-electron chi connectivity index (χ4n) is 3.05. The number of carbonyl (C=O) groups excluding carboxylic acids is 1. The van der Waals surface area contributed by atoms with Crippen molar-refractivity contribution >= 4 is 23.2 Å². The molecule has 132 valence electrons. The maximum Gasteiger partial charge on any atom is 0.276 e. The molecule has 9 heteroatoms. The molecule has 2 aromatic rings. The lowest BCUT2D eigenvalue weighted by molar-refractivity contribution is -0.122. The van der Waals surface area contributed by atoms with Crippen LogP contribution in [0.5, 0.6) is 5.75 Å². The Kier molecular flexibility index (Phi) is 3.81. The summed E-state index contributed by atoms with van der Waals surface area (Å²) in [6, 6.07) is 2.54. The Morgan fingerprint density at radius 1 is 1.24 bits per heavy atom. The number of ether oxygens (including phenoxy) is 2. The molecule has 1 atom stereocenters. The molecule has 0 bridgehead atoms. The zero-order valence-electron chi connectivity index (χ0n) is 13.3. The lowest BCUT2D eigenvalue weighted by Crippen LogP contribution is -2.34. The Bertz CT molecular complexity index is 936. The van der Waals surface area contributed by atoms with Crippen molar-refractivity contribution in [2.24, 2.45) is 0 Å². The van der Waals surface area contributed by atoms with E-state index in [2.05, 4.69) is 5.32 Å². The summed E-state index contributed by atoms with van der Waals surface area (Å²) in [6.07, 6.45) is -0.711. The molecule has 3 heterocycles. The number of fused-ring (bicyclic) bond motifs is 2. The lowest BCUT2D eigenvalue weighted by atomic mass is 10.1. The Morgan fingerprint density at radius 3 is 2.72 bits per heavy atom. The summed E-state index contributed by atoms with van der Waals surface area (Å²) in [6.45, 7) is 3.11. The van der Waals surface area contributed by atoms with Crippen LogP contribution in [-0.2, 0) is 22.6 Å². The van der Waals surface area contributed by atoms with Gasteiger partial charge in [0.1, 0.15) is 16.7 Å². The zero-order chi connectivity index (χ0) is 17.7. The van der Waals surface area contributed by atoms with Crippen LogP contribution in [0.2, 0.25) is 5.15 Å². The van der Waals surface area contributed by atoms with Gasteiger partial charge in [-0.1, -0.05) is 11.6 Å². The van der Waals surface area contributed by atoms with Crippen molar-refractivity contribution < 1.29 is 18.7 Å². The number of carbonyl (C=O) groups is 1. The monoisotopic (exact) mass is 367 g/mol. The second kappa shape index (κ2) is 5.89. The number of amides is 1. The van der Waals surface area contributed by atoms with E-state index in [1.165, 1.54) is 10.7 Å². The van der Waals surface area contributed by atoms with Crippen LogP contribution in [0.4, 0.5) is 10.1 Å². The summed E-state index contributed by atoms with van der Waals surface area (Å²) in [5.74, 6) is -0.754. The van der Waals surface area contributed by atoms with Crippen molar-refractivity contribution in [2.45, 2.75) is 26.1 Å². The van der Waals surface area contributed by atoms with E-state index in [0.717, 1.165) is 6.07 Å². The van der Waals surface area contributed by atoms with Gasteiger partial charge in [-0.3, -0.25) is 14.3 Å². The molecule has 0 radical (unpaired) electrons. The minimum Gasteiger partial charge on any atom is -0.479 e. The van der Waals surface area contributed by atoms with E-state index >= 15 is 0 Å². The molecule has 0 fully saturated rings. The molecule has 2 aliphatic rings. The molecule has 1 aromatic carbocycles. The lowest BCUT2D eigenvalue weighted by Gasteiger charge is -2.23. The van der Waals surface area contributed by atoms with Crippen molar-refractivity contribution in [1.29, 1.82) is 0 Å². The first kappa shape index (κ1) is 16.2. The molecule has 7 nitrogen and oxygen atoms in total. The Labute approximate surface area is 146 Å². The summed E-state index contributed by atoms with van der Waals surface area (Å²) in [7, 11) is 0. The fraction of sp³-hybridized carbons (Fsp3) is 0.375. The maximum atomic E-state index is 14.7. The van der Waals surface area contributed by atoms with Gasteiger partial charge in [-0.25, -0.2) is 9.07 Å². The molecular formula is C16H15ClFN3O4. The van der Waals surface area contributed by atoms with Gasteiger partial charge in [-0.15, -0.1) is 0 Å². The average molecular weight is 368 g/mol. The number of rotatable bonds is 1. The first-order chi connectivity index (χ1) is 12.0. The van der Waals surface area contributed by atoms with E-state index < -0.39 is 17.5 Å². The Morgan fingerprint density at radius 2 is 1.96 bits per heavy atom. The topological polar surface area (TPSA) is 74.5 Å². The third-order valence-electron chi connectivity index (χ3n) is 4.34. The number of halogens is 2. The minimum atomic E-state index is -0.711. The van der Waals surface area contributed by atoms with Gasteiger partial charge in [-0.2, -0.15) is 0 Å². The second-order valence-corrected chi connectivity index (χ2v) is 6.27. The standard InChI is InChI=1S/C16H15ClFN3O4/c1-8-15(22)19-11-6-9(10(18)7-12(11)25-8)13-14(17)20-2-4-24-5-3-21(20)16(13)23/h6-8H,2-5H2,1H3,(H,19,22)/t8-/m1/s1. The quantitative estimate of drug-likeness (QED) is 0.835. The summed E-state index contributed by atoms with van der Waals surface area (Å²) >= 11 is 6.36. The summed E-state index contributed by atoms with van der Waals surface area (Å²) in [5, 5.41) is 2.79. The SMILES string of the molecule is C[C@H]1Oc2cc(F)c(-c3c(Cl)n4n(c3=O)CCOCC4)cc2NC1=O. The van der Waals surface area contributed by atoms with Crippen LogP contribution in [0.1, 0.15) is 6.92 Å². The van der Waals surface area contributed by atoms with Crippen molar-refractivity contribution in [3.8, 4) is 16.9 Å². The van der Waals surface area contributed by atoms with Gasteiger partial charge >= 0.3 is 0 Å². The highest BCUT2D eigenvalue weighted by molar-refractivity contribution is 6.32. The molecule has 4 rings (SSSR count). The van der Waals surface area contributed by atoms with Crippen LogP contribution in [0, 0.1) is 5.82 Å². The highest BCUT2D eigenvalue weighted by Crippen LogP contribution is 2.37. The Hall–Kier alpha value is -2.32.